The van der Waals surface area contributed by atoms with Crippen molar-refractivity contribution >= 4 is 36.0 Å². The van der Waals surface area contributed by atoms with Gasteiger partial charge in [-0.1, -0.05) is 12.1 Å². The SMILES string of the molecule is CC(N)C1CCN(C(=O)c2ccccc2SCC(=O)N2CCCC2)CC1.Cl. The summed E-state index contributed by atoms with van der Waals surface area (Å²) < 4.78 is 0. The molecule has 2 fully saturated rings. The van der Waals surface area contributed by atoms with Gasteiger partial charge in [-0.25, -0.2) is 0 Å². The molecule has 27 heavy (non-hydrogen) atoms. The Balaban J connectivity index is 0.00000261. The van der Waals surface area contributed by atoms with Gasteiger partial charge in [0.25, 0.3) is 5.91 Å². The first-order valence-electron chi connectivity index (χ1n) is 9.60. The number of amides is 2. The highest BCUT2D eigenvalue weighted by atomic mass is 35.5. The number of hydrogen-bond donors (Lipinski definition) is 1. The van der Waals surface area contributed by atoms with Gasteiger partial charge in [0.2, 0.25) is 5.91 Å². The summed E-state index contributed by atoms with van der Waals surface area (Å²) in [6, 6.07) is 7.84. The van der Waals surface area contributed by atoms with Gasteiger partial charge < -0.3 is 15.5 Å². The summed E-state index contributed by atoms with van der Waals surface area (Å²) in [6.45, 7) is 5.31. The maximum absolute atomic E-state index is 13.0. The molecule has 1 atom stereocenters. The van der Waals surface area contributed by atoms with Gasteiger partial charge in [-0.3, -0.25) is 9.59 Å². The van der Waals surface area contributed by atoms with Gasteiger partial charge in [0.05, 0.1) is 11.3 Å². The van der Waals surface area contributed by atoms with Gasteiger partial charge in [0.1, 0.15) is 0 Å². The summed E-state index contributed by atoms with van der Waals surface area (Å²) in [6.07, 6.45) is 4.13. The average Bonchev–Trinajstić information content (AvgIpc) is 3.21. The number of carbonyl (C=O) groups excluding carboxylic acids is 2. The number of benzene rings is 1. The van der Waals surface area contributed by atoms with Crippen LogP contribution in [0, 0.1) is 5.92 Å². The van der Waals surface area contributed by atoms with E-state index in [2.05, 4.69) is 0 Å². The summed E-state index contributed by atoms with van der Waals surface area (Å²) in [5, 5.41) is 0. The third-order valence-electron chi connectivity index (χ3n) is 5.50. The molecule has 1 aromatic rings. The molecule has 0 radical (unpaired) electrons. The zero-order valence-corrected chi connectivity index (χ0v) is 17.6. The monoisotopic (exact) mass is 411 g/mol. The van der Waals surface area contributed by atoms with Crippen molar-refractivity contribution in [2.45, 2.75) is 43.5 Å². The number of likely N-dealkylation sites (tertiary alicyclic amines) is 2. The van der Waals surface area contributed by atoms with E-state index in [4.69, 9.17) is 5.73 Å². The maximum atomic E-state index is 13.0. The first-order valence-corrected chi connectivity index (χ1v) is 10.6. The zero-order valence-electron chi connectivity index (χ0n) is 15.9. The van der Waals surface area contributed by atoms with Crippen molar-refractivity contribution in [3.05, 3.63) is 29.8 Å². The predicted molar refractivity (Wildman–Crippen MR) is 113 cm³/mol. The topological polar surface area (TPSA) is 66.6 Å². The lowest BCUT2D eigenvalue weighted by atomic mass is 9.90. The first-order chi connectivity index (χ1) is 12.6. The molecular formula is C20H30ClN3O2S. The number of carbonyl (C=O) groups is 2. The molecule has 0 saturated carbocycles. The van der Waals surface area contributed by atoms with Crippen molar-refractivity contribution in [2.75, 3.05) is 31.9 Å². The molecule has 0 aliphatic carbocycles. The van der Waals surface area contributed by atoms with E-state index in [0.717, 1.165) is 56.8 Å². The summed E-state index contributed by atoms with van der Waals surface area (Å²) in [5.41, 5.74) is 6.71. The van der Waals surface area contributed by atoms with Crippen molar-refractivity contribution in [2.24, 2.45) is 11.7 Å². The lowest BCUT2D eigenvalue weighted by Gasteiger charge is -2.34. The van der Waals surface area contributed by atoms with Crippen LogP contribution in [0.4, 0.5) is 0 Å². The van der Waals surface area contributed by atoms with E-state index in [0.29, 0.717) is 17.2 Å². The van der Waals surface area contributed by atoms with E-state index in [1.807, 2.05) is 41.0 Å². The van der Waals surface area contributed by atoms with E-state index >= 15 is 0 Å². The molecule has 2 aliphatic rings. The second-order valence-electron chi connectivity index (χ2n) is 7.36. The molecule has 150 valence electrons. The van der Waals surface area contributed by atoms with E-state index in [-0.39, 0.29) is 30.3 Å². The molecule has 2 aliphatic heterocycles. The predicted octanol–water partition coefficient (Wildman–Crippen LogP) is 3.02. The summed E-state index contributed by atoms with van der Waals surface area (Å²) >= 11 is 1.48. The van der Waals surface area contributed by atoms with Gasteiger partial charge in [-0.15, -0.1) is 24.2 Å². The Bertz CT molecular complexity index is 642. The minimum Gasteiger partial charge on any atom is -0.342 e. The number of halogens is 1. The highest BCUT2D eigenvalue weighted by molar-refractivity contribution is 8.00. The number of nitrogens with zero attached hydrogens (tertiary/aromatic N) is 2. The summed E-state index contributed by atoms with van der Waals surface area (Å²) in [5.74, 6) is 1.15. The first kappa shape index (κ1) is 22.1. The molecule has 2 heterocycles. The Labute approximate surface area is 172 Å². The second-order valence-corrected chi connectivity index (χ2v) is 8.38. The van der Waals surface area contributed by atoms with Gasteiger partial charge in [0.15, 0.2) is 0 Å². The normalized spacial score (nSPS) is 18.9. The van der Waals surface area contributed by atoms with Crippen LogP contribution in [0.5, 0.6) is 0 Å². The molecule has 1 unspecified atom stereocenters. The van der Waals surface area contributed by atoms with Crippen molar-refractivity contribution in [1.82, 2.24) is 9.80 Å². The van der Waals surface area contributed by atoms with Gasteiger partial charge in [-0.05, 0) is 50.7 Å². The van der Waals surface area contributed by atoms with E-state index in [1.54, 1.807) is 0 Å². The summed E-state index contributed by atoms with van der Waals surface area (Å²) in [7, 11) is 0. The molecule has 0 aromatic heterocycles. The molecule has 5 nitrogen and oxygen atoms in total. The molecule has 2 saturated heterocycles. The van der Waals surface area contributed by atoms with Crippen LogP contribution < -0.4 is 5.73 Å². The number of piperidine rings is 1. The lowest BCUT2D eigenvalue weighted by molar-refractivity contribution is -0.127. The maximum Gasteiger partial charge on any atom is 0.254 e. The molecule has 3 rings (SSSR count). The fraction of sp³-hybridized carbons (Fsp3) is 0.600. The number of hydrogen-bond acceptors (Lipinski definition) is 4. The fourth-order valence-electron chi connectivity index (χ4n) is 3.77. The van der Waals surface area contributed by atoms with Crippen LogP contribution in [0.2, 0.25) is 0 Å². The van der Waals surface area contributed by atoms with Crippen LogP contribution in [0.1, 0.15) is 43.0 Å². The quantitative estimate of drug-likeness (QED) is 0.756. The van der Waals surface area contributed by atoms with Gasteiger partial charge >= 0.3 is 0 Å². The fourth-order valence-corrected chi connectivity index (χ4v) is 4.71. The van der Waals surface area contributed by atoms with Crippen LogP contribution in [0.3, 0.4) is 0 Å². The highest BCUT2D eigenvalue weighted by Gasteiger charge is 2.27. The number of nitrogens with two attached hydrogens (primary N) is 1. The molecule has 0 spiro atoms. The van der Waals surface area contributed by atoms with Gasteiger partial charge in [0, 0.05) is 37.1 Å². The van der Waals surface area contributed by atoms with E-state index < -0.39 is 0 Å². The Kier molecular flexibility index (Phi) is 8.45. The van der Waals surface area contributed by atoms with E-state index in [1.165, 1.54) is 11.8 Å². The lowest BCUT2D eigenvalue weighted by Crippen LogP contribution is -2.42. The molecule has 7 heteroatoms. The standard InChI is InChI=1S/C20H29N3O2S.ClH/c1-15(21)16-8-12-23(13-9-16)20(25)17-6-2-3-7-18(17)26-14-19(24)22-10-4-5-11-22;/h2-3,6-7,15-16H,4-5,8-14,21H2,1H3;1H. The van der Waals surface area contributed by atoms with Crippen molar-refractivity contribution < 1.29 is 9.59 Å². The Morgan fingerprint density at radius 1 is 1.11 bits per heavy atom. The third kappa shape index (κ3) is 5.62. The van der Waals surface area contributed by atoms with Crippen molar-refractivity contribution in [1.29, 1.82) is 0 Å². The van der Waals surface area contributed by atoms with Crippen LogP contribution in [0.25, 0.3) is 0 Å². The summed E-state index contributed by atoms with van der Waals surface area (Å²) in [4.78, 5) is 30.0. The Morgan fingerprint density at radius 2 is 1.74 bits per heavy atom. The molecule has 1 aromatic carbocycles. The smallest absolute Gasteiger partial charge is 0.254 e. The number of rotatable bonds is 5. The van der Waals surface area contributed by atoms with Gasteiger partial charge in [-0.2, -0.15) is 0 Å². The second kappa shape index (κ2) is 10.3. The van der Waals surface area contributed by atoms with Crippen LogP contribution in [-0.4, -0.2) is 59.6 Å². The van der Waals surface area contributed by atoms with Crippen LogP contribution in [-0.2, 0) is 4.79 Å². The molecule has 2 amide bonds. The van der Waals surface area contributed by atoms with E-state index in [9.17, 15) is 9.59 Å². The molecule has 0 bridgehead atoms. The van der Waals surface area contributed by atoms with Crippen molar-refractivity contribution in [3.63, 3.8) is 0 Å². The largest absolute Gasteiger partial charge is 0.342 e. The molecule has 2 N–H and O–H groups in total. The highest BCUT2D eigenvalue weighted by Crippen LogP contribution is 2.27. The van der Waals surface area contributed by atoms with Crippen LogP contribution >= 0.6 is 24.2 Å². The van der Waals surface area contributed by atoms with Crippen molar-refractivity contribution in [3.8, 4) is 0 Å². The Hall–Kier alpha value is -1.24. The van der Waals surface area contributed by atoms with Crippen LogP contribution in [0.15, 0.2) is 29.2 Å². The minimum absolute atomic E-state index is 0. The molecular weight excluding hydrogens is 382 g/mol. The minimum atomic E-state index is 0. The third-order valence-corrected chi connectivity index (χ3v) is 6.56. The average molecular weight is 412 g/mol. The Morgan fingerprint density at radius 3 is 2.37 bits per heavy atom. The zero-order chi connectivity index (χ0) is 18.5. The number of thioether (sulfide) groups is 1.